The van der Waals surface area contributed by atoms with Gasteiger partial charge in [0.2, 0.25) is 5.91 Å². The highest BCUT2D eigenvalue weighted by atomic mass is 16.5. The molecule has 2 N–H and O–H groups in total. The second kappa shape index (κ2) is 5.71. The summed E-state index contributed by atoms with van der Waals surface area (Å²) >= 11 is 0. The standard InChI is InChI=1S/C12H13NO2/c1-2-8-15-11-5-3-4-10(9-11)6-7-12(13)14/h1,3-5,9H,6-8H2,(H2,13,14). The Morgan fingerprint density at radius 3 is 3.00 bits per heavy atom. The summed E-state index contributed by atoms with van der Waals surface area (Å²) < 4.78 is 5.25. The van der Waals surface area contributed by atoms with E-state index in [9.17, 15) is 4.79 Å². The molecule has 0 saturated heterocycles. The second-order valence-corrected chi connectivity index (χ2v) is 3.11. The maximum Gasteiger partial charge on any atom is 0.217 e. The van der Waals surface area contributed by atoms with Crippen LogP contribution >= 0.6 is 0 Å². The van der Waals surface area contributed by atoms with Crippen molar-refractivity contribution in [2.45, 2.75) is 12.8 Å². The van der Waals surface area contributed by atoms with Crippen LogP contribution in [0.4, 0.5) is 0 Å². The van der Waals surface area contributed by atoms with Crippen LogP contribution in [0.1, 0.15) is 12.0 Å². The van der Waals surface area contributed by atoms with E-state index < -0.39 is 0 Å². The molecule has 0 aliphatic rings. The van der Waals surface area contributed by atoms with E-state index >= 15 is 0 Å². The molecule has 0 radical (unpaired) electrons. The minimum atomic E-state index is -0.301. The number of primary amides is 1. The predicted molar refractivity (Wildman–Crippen MR) is 58.3 cm³/mol. The highest BCUT2D eigenvalue weighted by molar-refractivity contribution is 5.74. The van der Waals surface area contributed by atoms with Crippen LogP contribution in [0.5, 0.6) is 5.75 Å². The van der Waals surface area contributed by atoms with Crippen molar-refractivity contribution in [3.05, 3.63) is 29.8 Å². The fraction of sp³-hybridized carbons (Fsp3) is 0.250. The van der Waals surface area contributed by atoms with Crippen molar-refractivity contribution in [3.8, 4) is 18.1 Å². The number of rotatable bonds is 5. The van der Waals surface area contributed by atoms with E-state index in [1.807, 2.05) is 24.3 Å². The van der Waals surface area contributed by atoms with E-state index in [4.69, 9.17) is 16.9 Å². The number of ether oxygens (including phenoxy) is 1. The molecule has 1 aromatic rings. The molecule has 15 heavy (non-hydrogen) atoms. The van der Waals surface area contributed by atoms with Gasteiger partial charge < -0.3 is 10.5 Å². The number of carbonyl (C=O) groups excluding carboxylic acids is 1. The van der Waals surface area contributed by atoms with Gasteiger partial charge in [-0.25, -0.2) is 0 Å². The lowest BCUT2D eigenvalue weighted by atomic mass is 10.1. The first-order valence-electron chi connectivity index (χ1n) is 4.66. The van der Waals surface area contributed by atoms with Gasteiger partial charge in [0.05, 0.1) is 0 Å². The van der Waals surface area contributed by atoms with Gasteiger partial charge in [0, 0.05) is 6.42 Å². The zero-order valence-electron chi connectivity index (χ0n) is 8.40. The Labute approximate surface area is 89.2 Å². The smallest absolute Gasteiger partial charge is 0.217 e. The van der Waals surface area contributed by atoms with Crippen LogP contribution in [0.3, 0.4) is 0 Å². The Morgan fingerprint density at radius 1 is 1.53 bits per heavy atom. The van der Waals surface area contributed by atoms with Gasteiger partial charge in [0.1, 0.15) is 12.4 Å². The van der Waals surface area contributed by atoms with E-state index in [1.165, 1.54) is 0 Å². The van der Waals surface area contributed by atoms with Crippen molar-refractivity contribution in [2.75, 3.05) is 6.61 Å². The van der Waals surface area contributed by atoms with Crippen LogP contribution in [0.25, 0.3) is 0 Å². The molecule has 0 saturated carbocycles. The van der Waals surface area contributed by atoms with Gasteiger partial charge in [-0.1, -0.05) is 18.1 Å². The quantitative estimate of drug-likeness (QED) is 0.729. The van der Waals surface area contributed by atoms with E-state index in [0.717, 1.165) is 11.3 Å². The molecule has 0 aromatic heterocycles. The lowest BCUT2D eigenvalue weighted by Gasteiger charge is -2.04. The van der Waals surface area contributed by atoms with Crippen LogP contribution in [-0.2, 0) is 11.2 Å². The Balaban J connectivity index is 2.58. The van der Waals surface area contributed by atoms with Gasteiger partial charge in [-0.05, 0) is 24.1 Å². The zero-order chi connectivity index (χ0) is 11.1. The molecule has 0 fully saturated rings. The minimum absolute atomic E-state index is 0.249. The molecule has 1 aromatic carbocycles. The van der Waals surface area contributed by atoms with Crippen molar-refractivity contribution in [3.63, 3.8) is 0 Å². The number of amides is 1. The lowest BCUT2D eigenvalue weighted by Crippen LogP contribution is -2.11. The highest BCUT2D eigenvalue weighted by Crippen LogP contribution is 2.14. The third kappa shape index (κ3) is 4.19. The van der Waals surface area contributed by atoms with E-state index in [1.54, 1.807) is 0 Å². The second-order valence-electron chi connectivity index (χ2n) is 3.11. The van der Waals surface area contributed by atoms with E-state index in [2.05, 4.69) is 5.92 Å². The molecule has 0 bridgehead atoms. The molecule has 0 atom stereocenters. The van der Waals surface area contributed by atoms with Crippen LogP contribution in [0.15, 0.2) is 24.3 Å². The Bertz CT molecular complexity index is 379. The number of hydrogen-bond donors (Lipinski definition) is 1. The molecular formula is C12H13NO2. The average Bonchev–Trinajstić information content (AvgIpc) is 2.24. The molecule has 1 amide bonds. The molecule has 0 spiro atoms. The maximum absolute atomic E-state index is 10.6. The molecular weight excluding hydrogens is 190 g/mol. The zero-order valence-corrected chi connectivity index (χ0v) is 8.40. The van der Waals surface area contributed by atoms with Crippen LogP contribution in [-0.4, -0.2) is 12.5 Å². The summed E-state index contributed by atoms with van der Waals surface area (Å²) in [6, 6.07) is 7.47. The van der Waals surface area contributed by atoms with Gasteiger partial charge in [-0.3, -0.25) is 4.79 Å². The molecule has 78 valence electrons. The van der Waals surface area contributed by atoms with Crippen molar-refractivity contribution in [1.82, 2.24) is 0 Å². The average molecular weight is 203 g/mol. The number of carbonyl (C=O) groups is 1. The lowest BCUT2D eigenvalue weighted by molar-refractivity contribution is -0.117. The fourth-order valence-electron chi connectivity index (χ4n) is 1.18. The Morgan fingerprint density at radius 2 is 2.33 bits per heavy atom. The first kappa shape index (κ1) is 11.1. The molecule has 0 heterocycles. The number of benzene rings is 1. The molecule has 3 nitrogen and oxygen atoms in total. The van der Waals surface area contributed by atoms with Gasteiger partial charge in [0.15, 0.2) is 0 Å². The Kier molecular flexibility index (Phi) is 4.24. The Hall–Kier alpha value is -1.95. The van der Waals surface area contributed by atoms with Crippen molar-refractivity contribution < 1.29 is 9.53 Å². The fourth-order valence-corrected chi connectivity index (χ4v) is 1.18. The summed E-state index contributed by atoms with van der Waals surface area (Å²) in [5, 5.41) is 0. The van der Waals surface area contributed by atoms with Gasteiger partial charge >= 0.3 is 0 Å². The number of nitrogens with two attached hydrogens (primary N) is 1. The predicted octanol–water partition coefficient (Wildman–Crippen LogP) is 1.12. The van der Waals surface area contributed by atoms with Crippen molar-refractivity contribution in [1.29, 1.82) is 0 Å². The van der Waals surface area contributed by atoms with Crippen LogP contribution in [0.2, 0.25) is 0 Å². The summed E-state index contributed by atoms with van der Waals surface area (Å²) in [5.41, 5.74) is 6.08. The number of hydrogen-bond acceptors (Lipinski definition) is 2. The van der Waals surface area contributed by atoms with Gasteiger partial charge in [0.25, 0.3) is 0 Å². The van der Waals surface area contributed by atoms with Gasteiger partial charge in [-0.15, -0.1) is 6.42 Å². The minimum Gasteiger partial charge on any atom is -0.481 e. The molecule has 1 rings (SSSR count). The number of aryl methyl sites for hydroxylation is 1. The van der Waals surface area contributed by atoms with Crippen LogP contribution < -0.4 is 10.5 Å². The third-order valence-corrected chi connectivity index (χ3v) is 1.88. The SMILES string of the molecule is C#CCOc1cccc(CCC(N)=O)c1. The monoisotopic (exact) mass is 203 g/mol. The summed E-state index contributed by atoms with van der Waals surface area (Å²) in [4.78, 5) is 10.6. The van der Waals surface area contributed by atoms with Crippen molar-refractivity contribution >= 4 is 5.91 Å². The van der Waals surface area contributed by atoms with E-state index in [0.29, 0.717) is 12.8 Å². The summed E-state index contributed by atoms with van der Waals surface area (Å²) in [5.74, 6) is 2.81. The number of terminal acetylenes is 1. The highest BCUT2D eigenvalue weighted by Gasteiger charge is 1.99. The third-order valence-electron chi connectivity index (χ3n) is 1.88. The molecule has 0 aliphatic carbocycles. The molecule has 0 aliphatic heterocycles. The first-order chi connectivity index (χ1) is 7.22. The topological polar surface area (TPSA) is 52.3 Å². The largest absolute Gasteiger partial charge is 0.481 e. The first-order valence-corrected chi connectivity index (χ1v) is 4.66. The maximum atomic E-state index is 10.6. The molecule has 3 heteroatoms. The van der Waals surface area contributed by atoms with Crippen molar-refractivity contribution in [2.24, 2.45) is 5.73 Å². The van der Waals surface area contributed by atoms with Gasteiger partial charge in [-0.2, -0.15) is 0 Å². The van der Waals surface area contributed by atoms with Crippen LogP contribution in [0, 0.1) is 12.3 Å². The molecule has 0 unspecified atom stereocenters. The summed E-state index contributed by atoms with van der Waals surface area (Å²) in [7, 11) is 0. The van der Waals surface area contributed by atoms with E-state index in [-0.39, 0.29) is 12.5 Å². The summed E-state index contributed by atoms with van der Waals surface area (Å²) in [6.45, 7) is 0.249. The summed E-state index contributed by atoms with van der Waals surface area (Å²) in [6.07, 6.45) is 6.05. The normalized spacial score (nSPS) is 9.27.